The molecule has 1 aliphatic heterocycles. The van der Waals surface area contributed by atoms with Gasteiger partial charge in [-0.2, -0.15) is 4.31 Å². The number of nitrogens with zero attached hydrogens (tertiary/aromatic N) is 2. The molecule has 2 heterocycles. The van der Waals surface area contributed by atoms with Gasteiger partial charge >= 0.3 is 0 Å². The minimum Gasteiger partial charge on any atom is -0.351 e. The molecule has 0 spiro atoms. The third kappa shape index (κ3) is 4.10. The molecule has 22 heavy (non-hydrogen) atoms. The molecular formula is C15H25N3O3S. The monoisotopic (exact) mass is 327 g/mol. The van der Waals surface area contributed by atoms with Gasteiger partial charge in [0.2, 0.25) is 10.0 Å². The molecule has 0 aliphatic carbocycles. The minimum absolute atomic E-state index is 0.0836. The quantitative estimate of drug-likeness (QED) is 0.889. The Labute approximate surface area is 132 Å². The second-order valence-corrected chi connectivity index (χ2v) is 8.23. The minimum atomic E-state index is -3.21. The van der Waals surface area contributed by atoms with Gasteiger partial charge in [-0.05, 0) is 30.9 Å². The molecule has 0 bridgehead atoms. The normalized spacial score (nSPS) is 16.4. The third-order valence-electron chi connectivity index (χ3n) is 3.91. The van der Waals surface area contributed by atoms with E-state index in [1.807, 2.05) is 10.6 Å². The van der Waals surface area contributed by atoms with E-state index in [9.17, 15) is 13.2 Å². The maximum Gasteiger partial charge on any atom is 0.267 e. The zero-order chi connectivity index (χ0) is 16.3. The number of aromatic nitrogens is 1. The van der Waals surface area contributed by atoms with E-state index >= 15 is 0 Å². The van der Waals surface area contributed by atoms with Gasteiger partial charge in [-0.15, -0.1) is 0 Å². The molecule has 0 radical (unpaired) electrons. The topological polar surface area (TPSA) is 71.4 Å². The molecule has 1 aromatic rings. The van der Waals surface area contributed by atoms with Gasteiger partial charge in [-0.25, -0.2) is 8.42 Å². The zero-order valence-electron chi connectivity index (χ0n) is 13.5. The molecule has 6 nitrogen and oxygen atoms in total. The van der Waals surface area contributed by atoms with Gasteiger partial charge in [0, 0.05) is 25.3 Å². The lowest BCUT2D eigenvalue weighted by molar-refractivity contribution is 0.0942. The average molecular weight is 327 g/mol. The largest absolute Gasteiger partial charge is 0.351 e. The number of amides is 1. The molecule has 0 saturated carbocycles. The number of fused-ring (bicyclic) bond motifs is 1. The number of hydrogen-bond acceptors (Lipinski definition) is 3. The maximum atomic E-state index is 12.3. The zero-order valence-corrected chi connectivity index (χ0v) is 14.3. The lowest BCUT2D eigenvalue weighted by Crippen LogP contribution is -2.29. The van der Waals surface area contributed by atoms with Crippen LogP contribution in [0.3, 0.4) is 0 Å². The molecule has 0 fully saturated rings. The van der Waals surface area contributed by atoms with Crippen LogP contribution in [0.1, 0.15) is 42.9 Å². The van der Waals surface area contributed by atoms with Gasteiger partial charge < -0.3 is 9.88 Å². The highest BCUT2D eigenvalue weighted by atomic mass is 32.2. The summed E-state index contributed by atoms with van der Waals surface area (Å²) in [7, 11) is -3.21. The highest BCUT2D eigenvalue weighted by Gasteiger charge is 2.24. The van der Waals surface area contributed by atoms with Crippen molar-refractivity contribution >= 4 is 15.9 Å². The van der Waals surface area contributed by atoms with Gasteiger partial charge in [0.15, 0.2) is 0 Å². The number of carbonyl (C=O) groups excluding carboxylic acids is 1. The second-order valence-electron chi connectivity index (χ2n) is 6.25. The van der Waals surface area contributed by atoms with Crippen LogP contribution in [0.4, 0.5) is 0 Å². The van der Waals surface area contributed by atoms with Gasteiger partial charge in [-0.3, -0.25) is 4.79 Å². The smallest absolute Gasteiger partial charge is 0.267 e. The Hall–Kier alpha value is -1.34. The Morgan fingerprint density at radius 2 is 2.05 bits per heavy atom. The Bertz CT molecular complexity index is 634. The summed E-state index contributed by atoms with van der Waals surface area (Å²) in [6.07, 6.45) is 2.88. The summed E-state index contributed by atoms with van der Waals surface area (Å²) in [4.78, 5) is 12.3. The van der Waals surface area contributed by atoms with Crippen LogP contribution in [0.25, 0.3) is 0 Å². The Kier molecular flexibility index (Phi) is 5.28. The lowest BCUT2D eigenvalue weighted by atomic mass is 10.1. The van der Waals surface area contributed by atoms with Crippen LogP contribution in [0.2, 0.25) is 0 Å². The average Bonchev–Trinajstić information content (AvgIpc) is 2.67. The molecule has 1 amide bonds. The molecule has 7 heteroatoms. The third-order valence-corrected chi connectivity index (χ3v) is 5.16. The fourth-order valence-electron chi connectivity index (χ4n) is 2.62. The lowest BCUT2D eigenvalue weighted by Gasteiger charge is -2.16. The van der Waals surface area contributed by atoms with E-state index in [1.54, 1.807) is 6.07 Å². The Morgan fingerprint density at radius 1 is 1.32 bits per heavy atom. The summed E-state index contributed by atoms with van der Waals surface area (Å²) in [6, 6.07) is 3.63. The van der Waals surface area contributed by atoms with E-state index in [2.05, 4.69) is 19.2 Å². The van der Waals surface area contributed by atoms with Crippen molar-refractivity contribution in [1.29, 1.82) is 0 Å². The molecule has 1 aliphatic rings. The van der Waals surface area contributed by atoms with Crippen molar-refractivity contribution in [3.63, 3.8) is 0 Å². The van der Waals surface area contributed by atoms with Crippen molar-refractivity contribution in [3.8, 4) is 0 Å². The van der Waals surface area contributed by atoms with Crippen molar-refractivity contribution in [2.75, 3.05) is 19.3 Å². The predicted molar refractivity (Wildman–Crippen MR) is 86.1 cm³/mol. The van der Waals surface area contributed by atoms with Crippen LogP contribution in [-0.4, -0.2) is 42.5 Å². The summed E-state index contributed by atoms with van der Waals surface area (Å²) in [5, 5.41) is 2.94. The highest BCUT2D eigenvalue weighted by Crippen LogP contribution is 2.18. The standard InChI is InChI=1S/C15H25N3O3S/c1-12(2)7-8-16-15(19)14-6-5-13-11-17(22(3,20)21)9-4-10-18(13)14/h5-6,12H,4,7-11H2,1-3H3,(H,16,19). The fourth-order valence-corrected chi connectivity index (χ4v) is 3.45. The molecule has 0 aromatic carbocycles. The summed E-state index contributed by atoms with van der Waals surface area (Å²) in [5.74, 6) is 0.466. The summed E-state index contributed by atoms with van der Waals surface area (Å²) in [6.45, 7) is 6.39. The number of rotatable bonds is 5. The molecule has 2 rings (SSSR count). The van der Waals surface area contributed by atoms with Crippen LogP contribution in [0, 0.1) is 5.92 Å². The van der Waals surface area contributed by atoms with Crippen LogP contribution in [-0.2, 0) is 23.1 Å². The van der Waals surface area contributed by atoms with Crippen LogP contribution in [0.5, 0.6) is 0 Å². The Balaban J connectivity index is 2.11. The summed E-state index contributed by atoms with van der Waals surface area (Å²) < 4.78 is 26.9. The van der Waals surface area contributed by atoms with Crippen molar-refractivity contribution < 1.29 is 13.2 Å². The van der Waals surface area contributed by atoms with Gasteiger partial charge in [0.25, 0.3) is 5.91 Å². The van der Waals surface area contributed by atoms with Gasteiger partial charge in [-0.1, -0.05) is 13.8 Å². The van der Waals surface area contributed by atoms with Crippen LogP contribution in [0.15, 0.2) is 12.1 Å². The molecule has 1 N–H and O–H groups in total. The SMILES string of the molecule is CC(C)CCNC(=O)c1ccc2n1CCCN(S(C)(=O)=O)C2. The van der Waals surface area contributed by atoms with Crippen molar-refractivity contribution in [2.24, 2.45) is 5.92 Å². The van der Waals surface area contributed by atoms with Crippen LogP contribution >= 0.6 is 0 Å². The first-order valence-electron chi connectivity index (χ1n) is 7.70. The number of nitrogens with one attached hydrogen (secondary N) is 1. The number of sulfonamides is 1. The summed E-state index contributed by atoms with van der Waals surface area (Å²) in [5.41, 5.74) is 1.49. The van der Waals surface area contributed by atoms with Gasteiger partial charge in [0.1, 0.15) is 5.69 Å². The van der Waals surface area contributed by atoms with Crippen molar-refractivity contribution in [2.45, 2.75) is 39.8 Å². The van der Waals surface area contributed by atoms with Crippen LogP contribution < -0.4 is 5.32 Å². The predicted octanol–water partition coefficient (Wildman–Crippen LogP) is 1.43. The van der Waals surface area contributed by atoms with E-state index in [4.69, 9.17) is 0 Å². The van der Waals surface area contributed by atoms with Crippen molar-refractivity contribution in [3.05, 3.63) is 23.5 Å². The number of hydrogen-bond donors (Lipinski definition) is 1. The van der Waals surface area contributed by atoms with E-state index in [1.165, 1.54) is 10.6 Å². The first-order chi connectivity index (χ1) is 10.3. The molecule has 0 unspecified atom stereocenters. The highest BCUT2D eigenvalue weighted by molar-refractivity contribution is 7.88. The first kappa shape index (κ1) is 17.0. The molecule has 0 atom stereocenters. The summed E-state index contributed by atoms with van der Waals surface area (Å²) >= 11 is 0. The second kappa shape index (κ2) is 6.83. The molecule has 124 valence electrons. The molecular weight excluding hydrogens is 302 g/mol. The molecule has 1 aromatic heterocycles. The van der Waals surface area contributed by atoms with E-state index < -0.39 is 10.0 Å². The number of carbonyl (C=O) groups is 1. The van der Waals surface area contributed by atoms with Gasteiger partial charge in [0.05, 0.1) is 12.8 Å². The maximum absolute atomic E-state index is 12.3. The fraction of sp³-hybridized carbons (Fsp3) is 0.667. The molecule has 0 saturated heterocycles. The first-order valence-corrected chi connectivity index (χ1v) is 9.55. The van der Waals surface area contributed by atoms with E-state index in [-0.39, 0.29) is 5.91 Å². The van der Waals surface area contributed by atoms with E-state index in [0.717, 1.165) is 12.1 Å². The van der Waals surface area contributed by atoms with Crippen molar-refractivity contribution in [1.82, 2.24) is 14.2 Å². The van der Waals surface area contributed by atoms with E-state index in [0.29, 0.717) is 44.2 Å². The Morgan fingerprint density at radius 3 is 2.68 bits per heavy atom.